The molecular weight excluding hydrogens is 328 g/mol. The third-order valence-corrected chi connectivity index (χ3v) is 4.82. The highest BCUT2D eigenvalue weighted by Crippen LogP contribution is 2.18. The average molecular weight is 356 g/mol. The molecule has 1 atom stereocenters. The maximum atomic E-state index is 12.0. The van der Waals surface area contributed by atoms with Crippen molar-refractivity contribution in [1.82, 2.24) is 20.4 Å². The van der Waals surface area contributed by atoms with Crippen LogP contribution in [-0.2, 0) is 11.2 Å². The molecule has 1 aromatic heterocycles. The minimum absolute atomic E-state index is 0.0325. The molecule has 0 aliphatic carbocycles. The largest absolute Gasteiger partial charge is 0.421 e. The fourth-order valence-corrected chi connectivity index (χ4v) is 3.32. The van der Waals surface area contributed by atoms with Crippen molar-refractivity contribution in [3.8, 4) is 11.5 Å². The second kappa shape index (κ2) is 8.94. The van der Waals surface area contributed by atoms with Gasteiger partial charge in [-0.05, 0) is 44.4 Å². The van der Waals surface area contributed by atoms with Crippen LogP contribution in [0.2, 0.25) is 0 Å². The Hall–Kier alpha value is -2.21. The molecule has 0 unspecified atom stereocenters. The Bertz CT molecular complexity index is 711. The number of nitrogens with zero attached hydrogens (tertiary/aromatic N) is 3. The molecule has 1 saturated heterocycles. The summed E-state index contributed by atoms with van der Waals surface area (Å²) in [7, 11) is 0. The molecule has 6 nitrogen and oxygen atoms in total. The number of hydrogen-bond donors (Lipinski definition) is 1. The lowest BCUT2D eigenvalue weighted by Crippen LogP contribution is -2.40. The van der Waals surface area contributed by atoms with E-state index in [9.17, 15) is 4.79 Å². The van der Waals surface area contributed by atoms with Crippen molar-refractivity contribution in [1.29, 1.82) is 0 Å². The lowest BCUT2D eigenvalue weighted by Gasteiger charge is -2.30. The van der Waals surface area contributed by atoms with Crippen LogP contribution in [0.25, 0.3) is 11.5 Å². The number of likely N-dealkylation sites (tertiary alicyclic amines) is 1. The van der Waals surface area contributed by atoms with Crippen molar-refractivity contribution in [3.63, 3.8) is 0 Å². The minimum atomic E-state index is 0.0325. The first-order valence-electron chi connectivity index (χ1n) is 9.48. The van der Waals surface area contributed by atoms with Crippen molar-refractivity contribution in [2.75, 3.05) is 26.2 Å². The third-order valence-electron chi connectivity index (χ3n) is 4.82. The van der Waals surface area contributed by atoms with Crippen LogP contribution in [0.15, 0.2) is 28.7 Å². The van der Waals surface area contributed by atoms with E-state index >= 15 is 0 Å². The van der Waals surface area contributed by atoms with E-state index in [0.717, 1.165) is 31.1 Å². The molecule has 1 aliphatic rings. The van der Waals surface area contributed by atoms with Gasteiger partial charge >= 0.3 is 0 Å². The predicted octanol–water partition coefficient (Wildman–Crippen LogP) is 2.83. The third kappa shape index (κ3) is 5.39. The molecule has 0 saturated carbocycles. The Labute approximate surface area is 155 Å². The zero-order valence-corrected chi connectivity index (χ0v) is 15.7. The summed E-state index contributed by atoms with van der Waals surface area (Å²) in [5.41, 5.74) is 2.08. The summed E-state index contributed by atoms with van der Waals surface area (Å²) < 4.78 is 5.66. The van der Waals surface area contributed by atoms with Gasteiger partial charge in [0.1, 0.15) is 0 Å². The van der Waals surface area contributed by atoms with E-state index in [0.29, 0.717) is 31.2 Å². The molecule has 1 amide bonds. The fourth-order valence-electron chi connectivity index (χ4n) is 3.32. The standard InChI is InChI=1S/C20H28N4O2/c1-15-5-7-17(8-6-15)20-23-22-19(26-20)10-9-18(25)21-11-13-24-12-3-4-16(2)14-24/h5-8,16H,3-4,9-14H2,1-2H3,(H,21,25)/t16-/m1/s1. The number of aryl methyl sites for hydroxylation is 2. The second-order valence-corrected chi connectivity index (χ2v) is 7.26. The quantitative estimate of drug-likeness (QED) is 0.826. The van der Waals surface area contributed by atoms with E-state index in [4.69, 9.17) is 4.42 Å². The molecule has 1 N–H and O–H groups in total. The highest BCUT2D eigenvalue weighted by molar-refractivity contribution is 5.76. The lowest BCUT2D eigenvalue weighted by atomic mass is 10.0. The Morgan fingerprint density at radius 2 is 2.12 bits per heavy atom. The number of nitrogens with one attached hydrogen (secondary N) is 1. The van der Waals surface area contributed by atoms with Gasteiger partial charge in [-0.25, -0.2) is 0 Å². The van der Waals surface area contributed by atoms with Gasteiger partial charge in [0, 0.05) is 38.0 Å². The topological polar surface area (TPSA) is 71.3 Å². The number of aromatic nitrogens is 2. The predicted molar refractivity (Wildman–Crippen MR) is 101 cm³/mol. The number of amides is 1. The van der Waals surface area contributed by atoms with Crippen LogP contribution >= 0.6 is 0 Å². The summed E-state index contributed by atoms with van der Waals surface area (Å²) >= 11 is 0. The summed E-state index contributed by atoms with van der Waals surface area (Å²) in [5, 5.41) is 11.1. The molecule has 2 aromatic rings. The van der Waals surface area contributed by atoms with E-state index in [1.54, 1.807) is 0 Å². The zero-order chi connectivity index (χ0) is 18.4. The van der Waals surface area contributed by atoms with Crippen molar-refractivity contribution >= 4 is 5.91 Å². The van der Waals surface area contributed by atoms with Crippen LogP contribution in [-0.4, -0.2) is 47.2 Å². The molecular formula is C20H28N4O2. The van der Waals surface area contributed by atoms with Gasteiger partial charge in [0.25, 0.3) is 0 Å². The number of carbonyl (C=O) groups excluding carboxylic acids is 1. The van der Waals surface area contributed by atoms with E-state index in [-0.39, 0.29) is 5.91 Å². The molecule has 6 heteroatoms. The maximum Gasteiger partial charge on any atom is 0.247 e. The lowest BCUT2D eigenvalue weighted by molar-refractivity contribution is -0.121. The molecule has 3 rings (SSSR count). The molecule has 0 bridgehead atoms. The molecule has 1 aliphatic heterocycles. The van der Waals surface area contributed by atoms with Crippen LogP contribution in [0, 0.1) is 12.8 Å². The van der Waals surface area contributed by atoms with Crippen LogP contribution in [0.1, 0.15) is 37.6 Å². The average Bonchev–Trinajstić information content (AvgIpc) is 3.10. The SMILES string of the molecule is Cc1ccc(-c2nnc(CCC(=O)NCCN3CCC[C@@H](C)C3)o2)cc1. The van der Waals surface area contributed by atoms with Gasteiger partial charge in [0.15, 0.2) is 0 Å². The van der Waals surface area contributed by atoms with Crippen molar-refractivity contribution < 1.29 is 9.21 Å². The van der Waals surface area contributed by atoms with Crippen LogP contribution in [0.4, 0.5) is 0 Å². The summed E-state index contributed by atoms with van der Waals surface area (Å²) in [5.74, 6) is 1.80. The summed E-state index contributed by atoms with van der Waals surface area (Å²) in [6.45, 7) is 8.23. The normalized spacial score (nSPS) is 18.0. The Morgan fingerprint density at radius 3 is 2.88 bits per heavy atom. The van der Waals surface area contributed by atoms with Crippen molar-refractivity contribution in [2.45, 2.75) is 39.5 Å². The molecule has 26 heavy (non-hydrogen) atoms. The zero-order valence-electron chi connectivity index (χ0n) is 15.7. The smallest absolute Gasteiger partial charge is 0.247 e. The Balaban J connectivity index is 1.38. The number of carbonyl (C=O) groups is 1. The summed E-state index contributed by atoms with van der Waals surface area (Å²) in [6.07, 6.45) is 3.41. The number of hydrogen-bond acceptors (Lipinski definition) is 5. The Kier molecular flexibility index (Phi) is 6.39. The molecule has 2 heterocycles. The van der Waals surface area contributed by atoms with Crippen LogP contribution in [0.3, 0.4) is 0 Å². The number of piperidine rings is 1. The molecule has 140 valence electrons. The van der Waals surface area contributed by atoms with Gasteiger partial charge in [-0.3, -0.25) is 4.79 Å². The highest BCUT2D eigenvalue weighted by Gasteiger charge is 2.16. The first-order valence-corrected chi connectivity index (χ1v) is 9.48. The summed E-state index contributed by atoms with van der Waals surface area (Å²) in [4.78, 5) is 14.4. The van der Waals surface area contributed by atoms with E-state index in [1.165, 1.54) is 18.4 Å². The second-order valence-electron chi connectivity index (χ2n) is 7.26. The van der Waals surface area contributed by atoms with Gasteiger partial charge < -0.3 is 14.6 Å². The van der Waals surface area contributed by atoms with Gasteiger partial charge in [0.2, 0.25) is 17.7 Å². The van der Waals surface area contributed by atoms with Crippen LogP contribution < -0.4 is 5.32 Å². The van der Waals surface area contributed by atoms with Crippen molar-refractivity contribution in [2.24, 2.45) is 5.92 Å². The maximum absolute atomic E-state index is 12.0. The number of rotatable bonds is 7. The molecule has 1 fully saturated rings. The first kappa shape index (κ1) is 18.6. The van der Waals surface area contributed by atoms with Crippen molar-refractivity contribution in [3.05, 3.63) is 35.7 Å². The molecule has 0 spiro atoms. The molecule has 0 radical (unpaired) electrons. The van der Waals surface area contributed by atoms with E-state index < -0.39 is 0 Å². The highest BCUT2D eigenvalue weighted by atomic mass is 16.4. The van der Waals surface area contributed by atoms with E-state index in [1.807, 2.05) is 31.2 Å². The van der Waals surface area contributed by atoms with E-state index in [2.05, 4.69) is 27.3 Å². The monoisotopic (exact) mass is 356 g/mol. The van der Waals surface area contributed by atoms with Gasteiger partial charge in [0.05, 0.1) is 0 Å². The summed E-state index contributed by atoms with van der Waals surface area (Å²) in [6, 6.07) is 7.94. The number of benzene rings is 1. The van der Waals surface area contributed by atoms with Gasteiger partial charge in [-0.15, -0.1) is 10.2 Å². The van der Waals surface area contributed by atoms with Gasteiger partial charge in [-0.1, -0.05) is 24.6 Å². The van der Waals surface area contributed by atoms with Gasteiger partial charge in [-0.2, -0.15) is 0 Å². The first-order chi connectivity index (χ1) is 12.6. The van der Waals surface area contributed by atoms with Crippen LogP contribution in [0.5, 0.6) is 0 Å². The molecule has 1 aromatic carbocycles. The minimum Gasteiger partial charge on any atom is -0.421 e. The fraction of sp³-hybridized carbons (Fsp3) is 0.550. The Morgan fingerprint density at radius 1 is 1.31 bits per heavy atom.